The van der Waals surface area contributed by atoms with Crippen LogP contribution in [0.4, 0.5) is 0 Å². The van der Waals surface area contributed by atoms with Gasteiger partial charge in [-0.1, -0.05) is 0 Å². The minimum Gasteiger partial charge on any atom is -0.465 e. The van der Waals surface area contributed by atoms with E-state index in [0.717, 1.165) is 6.42 Å². The van der Waals surface area contributed by atoms with Crippen molar-refractivity contribution in [2.24, 2.45) is 5.41 Å². The molecular formula is C9H12O4. The van der Waals surface area contributed by atoms with Crippen molar-refractivity contribution in [2.45, 2.75) is 32.3 Å². The second-order valence-corrected chi connectivity index (χ2v) is 3.57. The van der Waals surface area contributed by atoms with Crippen molar-refractivity contribution in [2.75, 3.05) is 6.61 Å². The fraction of sp³-hybridized carbons (Fsp3) is 0.778. The van der Waals surface area contributed by atoms with Gasteiger partial charge < -0.3 is 9.47 Å². The summed E-state index contributed by atoms with van der Waals surface area (Å²) < 4.78 is 9.87. The van der Waals surface area contributed by atoms with E-state index in [1.807, 2.05) is 0 Å². The molecular weight excluding hydrogens is 172 g/mol. The molecule has 1 aliphatic carbocycles. The molecule has 2 rings (SSSR count). The summed E-state index contributed by atoms with van der Waals surface area (Å²) in [6.07, 6.45) is 1.86. The van der Waals surface area contributed by atoms with Gasteiger partial charge in [0.05, 0.1) is 6.61 Å². The predicted molar refractivity (Wildman–Crippen MR) is 42.8 cm³/mol. The highest BCUT2D eigenvalue weighted by Crippen LogP contribution is 2.47. The first-order chi connectivity index (χ1) is 6.19. The minimum absolute atomic E-state index is 0.0445. The Morgan fingerprint density at radius 3 is 3.00 bits per heavy atom. The van der Waals surface area contributed by atoms with E-state index in [1.54, 1.807) is 6.92 Å². The molecule has 0 spiro atoms. The van der Waals surface area contributed by atoms with Gasteiger partial charge in [-0.3, -0.25) is 9.59 Å². The molecule has 2 atom stereocenters. The molecule has 1 saturated heterocycles. The van der Waals surface area contributed by atoms with E-state index in [9.17, 15) is 9.59 Å². The lowest BCUT2D eigenvalue weighted by Gasteiger charge is -2.20. The zero-order chi connectivity index (χ0) is 9.47. The summed E-state index contributed by atoms with van der Waals surface area (Å²) in [6.45, 7) is 2.06. The summed E-state index contributed by atoms with van der Waals surface area (Å²) in [5.74, 6) is -0.790. The number of carbonyl (C=O) groups excluding carboxylic acids is 2. The topological polar surface area (TPSA) is 52.6 Å². The highest BCUT2D eigenvalue weighted by Gasteiger charge is 2.60. The van der Waals surface area contributed by atoms with Crippen LogP contribution >= 0.6 is 0 Å². The Kier molecular flexibility index (Phi) is 1.78. The van der Waals surface area contributed by atoms with Crippen LogP contribution in [0.15, 0.2) is 0 Å². The van der Waals surface area contributed by atoms with Gasteiger partial charge in [-0.25, -0.2) is 0 Å². The molecule has 1 saturated carbocycles. The number of hydrogen-bond acceptors (Lipinski definition) is 4. The van der Waals surface area contributed by atoms with E-state index >= 15 is 0 Å². The van der Waals surface area contributed by atoms with Crippen LogP contribution in [0.5, 0.6) is 0 Å². The quantitative estimate of drug-likeness (QED) is 0.467. The van der Waals surface area contributed by atoms with E-state index < -0.39 is 11.4 Å². The summed E-state index contributed by atoms with van der Waals surface area (Å²) in [5.41, 5.74) is -0.944. The van der Waals surface area contributed by atoms with Crippen molar-refractivity contribution in [3.05, 3.63) is 0 Å². The van der Waals surface area contributed by atoms with Gasteiger partial charge in [0.1, 0.15) is 6.10 Å². The van der Waals surface area contributed by atoms with Crippen LogP contribution in [0, 0.1) is 5.41 Å². The molecule has 2 aliphatic rings. The number of carbonyl (C=O) groups is 2. The highest BCUT2D eigenvalue weighted by atomic mass is 16.6. The first-order valence-electron chi connectivity index (χ1n) is 4.57. The summed E-state index contributed by atoms with van der Waals surface area (Å²) in [5, 5.41) is 0. The molecule has 4 nitrogen and oxygen atoms in total. The van der Waals surface area contributed by atoms with Gasteiger partial charge in [0.15, 0.2) is 5.41 Å². The van der Waals surface area contributed by atoms with Crippen LogP contribution in [0.2, 0.25) is 0 Å². The van der Waals surface area contributed by atoms with Gasteiger partial charge in [-0.05, 0) is 19.8 Å². The van der Waals surface area contributed by atoms with E-state index in [2.05, 4.69) is 0 Å². The normalized spacial score (nSPS) is 36.1. The van der Waals surface area contributed by atoms with Crippen LogP contribution in [-0.2, 0) is 19.1 Å². The minimum atomic E-state index is -0.944. The van der Waals surface area contributed by atoms with Gasteiger partial charge in [0.25, 0.3) is 0 Å². The van der Waals surface area contributed by atoms with E-state index in [4.69, 9.17) is 9.47 Å². The third-order valence-corrected chi connectivity index (χ3v) is 2.80. The Labute approximate surface area is 76.2 Å². The largest absolute Gasteiger partial charge is 0.465 e. The van der Waals surface area contributed by atoms with E-state index in [-0.39, 0.29) is 12.1 Å². The van der Waals surface area contributed by atoms with E-state index in [0.29, 0.717) is 19.4 Å². The van der Waals surface area contributed by atoms with Gasteiger partial charge in [0.2, 0.25) is 0 Å². The van der Waals surface area contributed by atoms with Gasteiger partial charge in [-0.15, -0.1) is 0 Å². The Balaban J connectivity index is 2.19. The second-order valence-electron chi connectivity index (χ2n) is 3.57. The molecule has 0 N–H and O–H groups in total. The lowest BCUT2D eigenvalue weighted by Crippen LogP contribution is -2.36. The molecule has 0 aromatic rings. The van der Waals surface area contributed by atoms with Crippen molar-refractivity contribution in [3.63, 3.8) is 0 Å². The van der Waals surface area contributed by atoms with Crippen LogP contribution in [0.25, 0.3) is 0 Å². The Bertz CT molecular complexity index is 260. The van der Waals surface area contributed by atoms with E-state index in [1.165, 1.54) is 0 Å². The maximum Gasteiger partial charge on any atom is 0.323 e. The molecule has 2 fully saturated rings. The lowest BCUT2D eigenvalue weighted by molar-refractivity contribution is -0.168. The average Bonchev–Trinajstić information content (AvgIpc) is 2.62. The molecule has 13 heavy (non-hydrogen) atoms. The molecule has 0 aromatic heterocycles. The van der Waals surface area contributed by atoms with Gasteiger partial charge in [0, 0.05) is 6.42 Å². The summed E-state index contributed by atoms with van der Waals surface area (Å²) in [6, 6.07) is 0. The van der Waals surface area contributed by atoms with Crippen LogP contribution in [0.1, 0.15) is 26.2 Å². The first-order valence-corrected chi connectivity index (χ1v) is 4.57. The summed E-state index contributed by atoms with van der Waals surface area (Å²) in [7, 11) is 0. The Morgan fingerprint density at radius 1 is 1.77 bits per heavy atom. The Morgan fingerprint density at radius 2 is 2.54 bits per heavy atom. The van der Waals surface area contributed by atoms with Crippen molar-refractivity contribution < 1.29 is 19.1 Å². The number of esters is 2. The van der Waals surface area contributed by atoms with Gasteiger partial charge in [-0.2, -0.15) is 0 Å². The zero-order valence-corrected chi connectivity index (χ0v) is 7.54. The number of rotatable bonds is 2. The third-order valence-electron chi connectivity index (χ3n) is 2.80. The number of ether oxygens (including phenoxy) is 2. The van der Waals surface area contributed by atoms with Crippen molar-refractivity contribution in [3.8, 4) is 0 Å². The first kappa shape index (κ1) is 8.53. The summed E-state index contributed by atoms with van der Waals surface area (Å²) in [4.78, 5) is 22.9. The molecule has 1 heterocycles. The molecule has 72 valence electrons. The number of fused-ring (bicyclic) bond motifs is 2. The van der Waals surface area contributed by atoms with Crippen molar-refractivity contribution >= 4 is 11.9 Å². The monoisotopic (exact) mass is 184 g/mol. The SMILES string of the molecule is CCOC(=O)C12CCC(C1)OC2=O. The van der Waals surface area contributed by atoms with Gasteiger partial charge >= 0.3 is 11.9 Å². The maximum atomic E-state index is 11.5. The van der Waals surface area contributed by atoms with Crippen molar-refractivity contribution in [1.29, 1.82) is 0 Å². The maximum absolute atomic E-state index is 11.5. The fourth-order valence-electron chi connectivity index (χ4n) is 2.09. The molecule has 1 aliphatic heterocycles. The molecule has 0 radical (unpaired) electrons. The lowest BCUT2D eigenvalue weighted by atomic mass is 9.87. The van der Waals surface area contributed by atoms with Crippen LogP contribution < -0.4 is 0 Å². The number of hydrogen-bond donors (Lipinski definition) is 0. The third kappa shape index (κ3) is 1.04. The second kappa shape index (κ2) is 2.72. The standard InChI is InChI=1S/C9H12O4/c1-2-12-7(10)9-4-3-6(5-9)13-8(9)11/h6H,2-5H2,1H3. The molecule has 2 bridgehead atoms. The smallest absolute Gasteiger partial charge is 0.323 e. The van der Waals surface area contributed by atoms with Crippen molar-refractivity contribution in [1.82, 2.24) is 0 Å². The molecule has 0 amide bonds. The average molecular weight is 184 g/mol. The Hall–Kier alpha value is -1.06. The summed E-state index contributed by atoms with van der Waals surface area (Å²) >= 11 is 0. The van der Waals surface area contributed by atoms with Crippen LogP contribution in [-0.4, -0.2) is 24.6 Å². The molecule has 0 aromatic carbocycles. The zero-order valence-electron chi connectivity index (χ0n) is 7.54. The molecule has 2 unspecified atom stereocenters. The van der Waals surface area contributed by atoms with Crippen LogP contribution in [0.3, 0.4) is 0 Å². The highest BCUT2D eigenvalue weighted by molar-refractivity contribution is 6.02. The fourth-order valence-corrected chi connectivity index (χ4v) is 2.09. The molecule has 4 heteroatoms. The predicted octanol–water partition coefficient (Wildman–Crippen LogP) is 0.645.